The van der Waals surface area contributed by atoms with E-state index in [1.54, 1.807) is 0 Å². The van der Waals surface area contributed by atoms with Gasteiger partial charge in [-0.25, -0.2) is 4.79 Å². The second kappa shape index (κ2) is 9.38. The van der Waals surface area contributed by atoms with Crippen LogP contribution in [0.15, 0.2) is 30.3 Å². The summed E-state index contributed by atoms with van der Waals surface area (Å²) in [7, 11) is 0. The number of piperazine rings is 1. The number of piperidine rings is 1. The maximum atomic E-state index is 12.5. The van der Waals surface area contributed by atoms with E-state index in [9.17, 15) is 4.79 Å². The lowest BCUT2D eigenvalue weighted by atomic mass is 9.93. The van der Waals surface area contributed by atoms with E-state index < -0.39 is 0 Å². The molecule has 2 fully saturated rings. The third-order valence-corrected chi connectivity index (χ3v) is 5.85. The van der Waals surface area contributed by atoms with E-state index in [1.807, 2.05) is 4.90 Å². The highest BCUT2D eigenvalue weighted by Gasteiger charge is 2.28. The number of benzene rings is 1. The number of carbonyl (C=O) groups excluding carboxylic acids is 1. The molecule has 5 heteroatoms. The summed E-state index contributed by atoms with van der Waals surface area (Å²) < 4.78 is 0. The lowest BCUT2D eigenvalue weighted by Crippen LogP contribution is -2.59. The molecule has 2 unspecified atom stereocenters. The molecule has 3 rings (SSSR count). The van der Waals surface area contributed by atoms with Gasteiger partial charge >= 0.3 is 6.03 Å². The van der Waals surface area contributed by atoms with Gasteiger partial charge in [0, 0.05) is 38.3 Å². The Morgan fingerprint density at radius 1 is 1.12 bits per heavy atom. The van der Waals surface area contributed by atoms with Crippen LogP contribution in [0.25, 0.3) is 0 Å². The zero-order valence-electron chi connectivity index (χ0n) is 16.3. The number of nitrogens with one attached hydrogen (secondary N) is 2. The van der Waals surface area contributed by atoms with Crippen LogP contribution in [0, 0.1) is 5.92 Å². The van der Waals surface area contributed by atoms with Crippen LogP contribution in [-0.4, -0.2) is 60.6 Å². The number of hydrogen-bond donors (Lipinski definition) is 2. The van der Waals surface area contributed by atoms with Crippen molar-refractivity contribution >= 4 is 6.03 Å². The second-order valence-corrected chi connectivity index (χ2v) is 7.99. The summed E-state index contributed by atoms with van der Waals surface area (Å²) in [5, 5.41) is 6.53. The van der Waals surface area contributed by atoms with Crippen molar-refractivity contribution in [2.24, 2.45) is 5.92 Å². The van der Waals surface area contributed by atoms with Crippen LogP contribution < -0.4 is 10.6 Å². The fourth-order valence-electron chi connectivity index (χ4n) is 4.28. The molecule has 0 radical (unpaired) electrons. The zero-order valence-corrected chi connectivity index (χ0v) is 16.3. The van der Waals surface area contributed by atoms with Gasteiger partial charge in [-0.3, -0.25) is 4.90 Å². The van der Waals surface area contributed by atoms with Gasteiger partial charge in [0.2, 0.25) is 0 Å². The summed E-state index contributed by atoms with van der Waals surface area (Å²) in [6, 6.07) is 11.4. The first-order valence-corrected chi connectivity index (χ1v) is 10.2. The Kier molecular flexibility index (Phi) is 6.92. The van der Waals surface area contributed by atoms with Crippen molar-refractivity contribution in [2.75, 3.05) is 32.7 Å². The van der Waals surface area contributed by atoms with Crippen LogP contribution in [0.3, 0.4) is 0 Å². The van der Waals surface area contributed by atoms with E-state index in [-0.39, 0.29) is 18.1 Å². The van der Waals surface area contributed by atoms with Crippen molar-refractivity contribution in [1.82, 2.24) is 20.4 Å². The molecule has 2 amide bonds. The van der Waals surface area contributed by atoms with Crippen LogP contribution in [0.4, 0.5) is 4.79 Å². The fraction of sp³-hybridized carbons (Fsp3) is 0.667. The molecule has 1 aromatic rings. The minimum absolute atomic E-state index is 0.105. The first-order chi connectivity index (χ1) is 12.6. The van der Waals surface area contributed by atoms with Gasteiger partial charge in [-0.15, -0.1) is 0 Å². The van der Waals surface area contributed by atoms with Crippen LogP contribution >= 0.6 is 0 Å². The summed E-state index contributed by atoms with van der Waals surface area (Å²) in [6.45, 7) is 10.2. The van der Waals surface area contributed by atoms with E-state index in [1.165, 1.54) is 31.5 Å². The number of urea groups is 1. The predicted molar refractivity (Wildman–Crippen MR) is 106 cm³/mol. The zero-order chi connectivity index (χ0) is 18.4. The van der Waals surface area contributed by atoms with Crippen molar-refractivity contribution in [3.63, 3.8) is 0 Å². The molecule has 0 aromatic heterocycles. The van der Waals surface area contributed by atoms with E-state index in [4.69, 9.17) is 0 Å². The second-order valence-electron chi connectivity index (χ2n) is 7.99. The minimum atomic E-state index is 0.105. The quantitative estimate of drug-likeness (QED) is 0.851. The van der Waals surface area contributed by atoms with Gasteiger partial charge < -0.3 is 15.5 Å². The summed E-state index contributed by atoms with van der Waals surface area (Å²) in [6.07, 6.45) is 3.58. The molecule has 5 nitrogen and oxygen atoms in total. The average molecular weight is 359 g/mol. The molecule has 2 aliphatic heterocycles. The molecule has 2 saturated heterocycles. The molecule has 26 heavy (non-hydrogen) atoms. The highest BCUT2D eigenvalue weighted by Crippen LogP contribution is 2.21. The number of amides is 2. The van der Waals surface area contributed by atoms with Crippen molar-refractivity contribution in [3.8, 4) is 0 Å². The SMILES string of the molecule is CC1CNCC(C)N1C(=O)NCCC1CCN(Cc2ccccc2)CC1. The molecule has 0 aliphatic carbocycles. The van der Waals surface area contributed by atoms with Gasteiger partial charge in [0.25, 0.3) is 0 Å². The summed E-state index contributed by atoms with van der Waals surface area (Å²) in [4.78, 5) is 17.0. The number of hydrogen-bond acceptors (Lipinski definition) is 3. The average Bonchev–Trinajstić information content (AvgIpc) is 2.64. The molecular formula is C21H34N4O. The Morgan fingerprint density at radius 2 is 1.77 bits per heavy atom. The van der Waals surface area contributed by atoms with Crippen molar-refractivity contribution < 1.29 is 4.79 Å². The first-order valence-electron chi connectivity index (χ1n) is 10.2. The largest absolute Gasteiger partial charge is 0.338 e. The van der Waals surface area contributed by atoms with Gasteiger partial charge in [0.05, 0.1) is 0 Å². The van der Waals surface area contributed by atoms with Crippen LogP contribution in [-0.2, 0) is 6.54 Å². The Hall–Kier alpha value is -1.59. The molecule has 0 saturated carbocycles. The third-order valence-electron chi connectivity index (χ3n) is 5.85. The Bertz CT molecular complexity index is 546. The van der Waals surface area contributed by atoms with Gasteiger partial charge in [-0.1, -0.05) is 30.3 Å². The highest BCUT2D eigenvalue weighted by molar-refractivity contribution is 5.75. The van der Waals surface area contributed by atoms with Crippen LogP contribution in [0.5, 0.6) is 0 Å². The molecule has 2 atom stereocenters. The van der Waals surface area contributed by atoms with Gasteiger partial charge in [-0.2, -0.15) is 0 Å². The number of rotatable bonds is 5. The van der Waals surface area contributed by atoms with Crippen molar-refractivity contribution in [2.45, 2.75) is 51.7 Å². The number of nitrogens with zero attached hydrogens (tertiary/aromatic N) is 2. The summed E-state index contributed by atoms with van der Waals surface area (Å²) >= 11 is 0. The van der Waals surface area contributed by atoms with Crippen LogP contribution in [0.2, 0.25) is 0 Å². The topological polar surface area (TPSA) is 47.6 Å². The normalized spacial score (nSPS) is 25.2. The van der Waals surface area contributed by atoms with Gasteiger partial charge in [0.15, 0.2) is 0 Å². The van der Waals surface area contributed by atoms with Crippen molar-refractivity contribution in [3.05, 3.63) is 35.9 Å². The molecule has 0 bridgehead atoms. The Labute approximate surface area is 158 Å². The van der Waals surface area contributed by atoms with E-state index >= 15 is 0 Å². The van der Waals surface area contributed by atoms with Crippen LogP contribution in [0.1, 0.15) is 38.7 Å². The molecule has 2 N–H and O–H groups in total. The Morgan fingerprint density at radius 3 is 2.42 bits per heavy atom. The lowest BCUT2D eigenvalue weighted by molar-refractivity contribution is 0.130. The lowest BCUT2D eigenvalue weighted by Gasteiger charge is -2.39. The standard InChI is InChI=1S/C21H34N4O/c1-17-14-22-15-18(2)25(17)21(26)23-11-8-19-9-12-24(13-10-19)16-20-6-4-3-5-7-20/h3-7,17-19,22H,8-16H2,1-2H3,(H,23,26). The number of likely N-dealkylation sites (tertiary alicyclic amines) is 1. The number of carbonyl (C=O) groups is 1. The summed E-state index contributed by atoms with van der Waals surface area (Å²) in [5.74, 6) is 0.736. The van der Waals surface area contributed by atoms with Gasteiger partial charge in [-0.05, 0) is 57.7 Å². The molecule has 1 aromatic carbocycles. The molecule has 0 spiro atoms. The Balaban J connectivity index is 1.34. The maximum Gasteiger partial charge on any atom is 0.317 e. The van der Waals surface area contributed by atoms with E-state index in [0.717, 1.165) is 38.5 Å². The first kappa shape index (κ1) is 19.2. The molecule has 2 heterocycles. The molecule has 144 valence electrons. The highest BCUT2D eigenvalue weighted by atomic mass is 16.2. The van der Waals surface area contributed by atoms with Crippen molar-refractivity contribution in [1.29, 1.82) is 0 Å². The summed E-state index contributed by atoms with van der Waals surface area (Å²) in [5.41, 5.74) is 1.40. The fourth-order valence-corrected chi connectivity index (χ4v) is 4.28. The van der Waals surface area contributed by atoms with Gasteiger partial charge in [0.1, 0.15) is 0 Å². The third kappa shape index (κ3) is 5.21. The smallest absolute Gasteiger partial charge is 0.317 e. The minimum Gasteiger partial charge on any atom is -0.338 e. The predicted octanol–water partition coefficient (Wildman–Crippen LogP) is 2.68. The monoisotopic (exact) mass is 358 g/mol. The maximum absolute atomic E-state index is 12.5. The van der Waals surface area contributed by atoms with E-state index in [2.05, 4.69) is 59.7 Å². The van der Waals surface area contributed by atoms with E-state index in [0.29, 0.717) is 0 Å². The molecular weight excluding hydrogens is 324 g/mol. The molecule has 2 aliphatic rings.